The van der Waals surface area contributed by atoms with Crippen molar-refractivity contribution in [3.8, 4) is 11.5 Å². The molecule has 1 aliphatic heterocycles. The summed E-state index contributed by atoms with van der Waals surface area (Å²) in [6.45, 7) is 2.15. The lowest BCUT2D eigenvalue weighted by Gasteiger charge is -2.29. The molecule has 1 N–H and O–H groups in total. The van der Waals surface area contributed by atoms with Gasteiger partial charge in [-0.2, -0.15) is 5.10 Å². The van der Waals surface area contributed by atoms with Crippen LogP contribution in [0.2, 0.25) is 0 Å². The Morgan fingerprint density at radius 2 is 1.91 bits per heavy atom. The average molecular weight is 480 g/mol. The zero-order valence-electron chi connectivity index (χ0n) is 19.5. The summed E-state index contributed by atoms with van der Waals surface area (Å²) in [7, 11) is 3.20. The lowest BCUT2D eigenvalue weighted by atomic mass is 10.0. The molecular weight excluding hydrogens is 450 g/mol. The number of hydrogen-bond donors (Lipinski definition) is 1. The second-order valence-corrected chi connectivity index (χ2v) is 9.11. The molecule has 2 aromatic carbocycles. The largest absolute Gasteiger partial charge is 0.493 e. The maximum Gasteiger partial charge on any atom is 0.262 e. The van der Waals surface area contributed by atoms with E-state index in [0.717, 1.165) is 21.8 Å². The normalized spacial score (nSPS) is 16.2. The number of hydrazone groups is 1. The van der Waals surface area contributed by atoms with Gasteiger partial charge in [-0.3, -0.25) is 4.79 Å². The number of carbonyl (C=O) groups excluding carboxylic acids is 1. The Morgan fingerprint density at radius 1 is 1.15 bits per heavy atom. The van der Waals surface area contributed by atoms with E-state index < -0.39 is 6.10 Å². The highest BCUT2D eigenvalue weighted by atomic mass is 32.1. The quantitative estimate of drug-likeness (QED) is 0.495. The molecule has 0 radical (unpaired) electrons. The van der Waals surface area contributed by atoms with Crippen LogP contribution in [-0.4, -0.2) is 55.1 Å². The molecule has 0 saturated carbocycles. The van der Waals surface area contributed by atoms with Gasteiger partial charge in [0.15, 0.2) is 11.5 Å². The van der Waals surface area contributed by atoms with Crippen LogP contribution >= 0.6 is 11.3 Å². The van der Waals surface area contributed by atoms with Crippen LogP contribution in [0.15, 0.2) is 71.1 Å². The molecule has 8 heteroatoms. The topological polar surface area (TPSA) is 74.6 Å². The standard InChI is InChI=1S/C26H29N3O4S/c1-18(30)16-28(20-8-5-4-6-9-20)17-26(31)29-22(15-21(27-29)25-10-7-13-34-25)19-11-12-23(32-2)24(14-19)33-3/h4-14,18,22,30H,15-17H2,1-3H3. The first-order valence-corrected chi connectivity index (χ1v) is 12.0. The molecule has 2 heterocycles. The summed E-state index contributed by atoms with van der Waals surface area (Å²) in [6.07, 6.45) is 0.0159. The smallest absolute Gasteiger partial charge is 0.262 e. The van der Waals surface area contributed by atoms with Crippen molar-refractivity contribution in [3.05, 3.63) is 76.5 Å². The number of hydrogen-bond acceptors (Lipinski definition) is 7. The van der Waals surface area contributed by atoms with E-state index in [9.17, 15) is 9.90 Å². The van der Waals surface area contributed by atoms with Gasteiger partial charge in [0.05, 0.1) is 43.5 Å². The van der Waals surface area contributed by atoms with E-state index in [4.69, 9.17) is 14.6 Å². The van der Waals surface area contributed by atoms with Gasteiger partial charge in [-0.15, -0.1) is 11.3 Å². The van der Waals surface area contributed by atoms with E-state index in [2.05, 4.69) is 0 Å². The first-order valence-electron chi connectivity index (χ1n) is 11.1. The number of carbonyl (C=O) groups is 1. The Hall–Kier alpha value is -3.36. The van der Waals surface area contributed by atoms with Gasteiger partial charge in [-0.25, -0.2) is 5.01 Å². The molecule has 4 rings (SSSR count). The summed E-state index contributed by atoms with van der Waals surface area (Å²) >= 11 is 1.61. The third kappa shape index (κ3) is 5.24. The van der Waals surface area contributed by atoms with Crippen LogP contribution in [-0.2, 0) is 4.79 Å². The Kier molecular flexibility index (Phi) is 7.49. The average Bonchev–Trinajstić information content (AvgIpc) is 3.54. The molecule has 7 nitrogen and oxygen atoms in total. The highest BCUT2D eigenvalue weighted by Gasteiger charge is 2.34. The first-order chi connectivity index (χ1) is 16.5. The molecule has 2 unspecified atom stereocenters. The molecule has 0 fully saturated rings. The first kappa shape index (κ1) is 23.8. The maximum atomic E-state index is 13.6. The Balaban J connectivity index is 1.65. The number of para-hydroxylation sites is 1. The molecule has 0 bridgehead atoms. The van der Waals surface area contributed by atoms with Crippen molar-refractivity contribution in [2.75, 3.05) is 32.2 Å². The molecule has 178 valence electrons. The SMILES string of the molecule is COc1ccc(C2CC(c3cccs3)=NN2C(=O)CN(CC(C)O)c2ccccc2)cc1OC. The van der Waals surface area contributed by atoms with Crippen LogP contribution in [0, 0.1) is 0 Å². The molecule has 1 amide bonds. The molecule has 0 aliphatic carbocycles. The minimum atomic E-state index is -0.585. The molecule has 1 aromatic heterocycles. The summed E-state index contributed by atoms with van der Waals surface area (Å²) in [5.74, 6) is 1.10. The predicted molar refractivity (Wildman–Crippen MR) is 135 cm³/mol. The minimum absolute atomic E-state index is 0.0971. The van der Waals surface area contributed by atoms with Crippen molar-refractivity contribution in [2.45, 2.75) is 25.5 Å². The van der Waals surface area contributed by atoms with Gasteiger partial charge in [0.1, 0.15) is 0 Å². The lowest BCUT2D eigenvalue weighted by molar-refractivity contribution is -0.131. The molecule has 34 heavy (non-hydrogen) atoms. The fourth-order valence-corrected chi connectivity index (χ4v) is 4.83. The van der Waals surface area contributed by atoms with E-state index in [-0.39, 0.29) is 18.5 Å². The number of anilines is 1. The Labute approximate surface area is 203 Å². The lowest BCUT2D eigenvalue weighted by Crippen LogP contribution is -2.41. The number of amides is 1. The third-order valence-corrected chi connectivity index (χ3v) is 6.61. The second kappa shape index (κ2) is 10.7. The number of methoxy groups -OCH3 is 2. The van der Waals surface area contributed by atoms with Gasteiger partial charge in [0.25, 0.3) is 5.91 Å². The van der Waals surface area contributed by atoms with Crippen LogP contribution in [0.1, 0.15) is 29.8 Å². The van der Waals surface area contributed by atoms with Crippen molar-refractivity contribution in [1.82, 2.24) is 5.01 Å². The summed E-state index contributed by atoms with van der Waals surface area (Å²) in [4.78, 5) is 16.6. The molecule has 2 atom stereocenters. The Bertz CT molecular complexity index is 1130. The number of aliphatic hydroxyl groups is 1. The van der Waals surface area contributed by atoms with Crippen LogP contribution in [0.3, 0.4) is 0 Å². The van der Waals surface area contributed by atoms with Crippen LogP contribution in [0.5, 0.6) is 11.5 Å². The van der Waals surface area contributed by atoms with Gasteiger partial charge in [-0.1, -0.05) is 30.3 Å². The van der Waals surface area contributed by atoms with Gasteiger partial charge < -0.3 is 19.5 Å². The van der Waals surface area contributed by atoms with E-state index in [1.807, 2.05) is 70.9 Å². The number of thiophene rings is 1. The fourth-order valence-electron chi connectivity index (χ4n) is 4.11. The highest BCUT2D eigenvalue weighted by Crippen LogP contribution is 2.38. The molecule has 3 aromatic rings. The fraction of sp³-hybridized carbons (Fsp3) is 0.308. The van der Waals surface area contributed by atoms with Crippen molar-refractivity contribution in [2.24, 2.45) is 5.10 Å². The van der Waals surface area contributed by atoms with Crippen molar-refractivity contribution >= 4 is 28.6 Å². The van der Waals surface area contributed by atoms with E-state index in [1.165, 1.54) is 0 Å². The van der Waals surface area contributed by atoms with E-state index >= 15 is 0 Å². The maximum absolute atomic E-state index is 13.6. The summed E-state index contributed by atoms with van der Waals surface area (Å²) < 4.78 is 10.9. The van der Waals surface area contributed by atoms with Gasteiger partial charge in [0.2, 0.25) is 0 Å². The number of benzene rings is 2. The number of nitrogens with zero attached hydrogens (tertiary/aromatic N) is 3. The molecular formula is C26H29N3O4S. The van der Waals surface area contributed by atoms with Crippen molar-refractivity contribution in [3.63, 3.8) is 0 Å². The summed E-state index contributed by atoms with van der Waals surface area (Å²) in [5, 5.41) is 18.4. The predicted octanol–water partition coefficient (Wildman–Crippen LogP) is 4.33. The highest BCUT2D eigenvalue weighted by molar-refractivity contribution is 7.12. The molecule has 0 spiro atoms. The van der Waals surface area contributed by atoms with Gasteiger partial charge in [0, 0.05) is 18.7 Å². The number of rotatable bonds is 9. The number of aliphatic hydroxyl groups excluding tert-OH is 1. The third-order valence-electron chi connectivity index (χ3n) is 5.70. The second-order valence-electron chi connectivity index (χ2n) is 8.16. The van der Waals surface area contributed by atoms with Crippen LogP contribution in [0.4, 0.5) is 5.69 Å². The van der Waals surface area contributed by atoms with Gasteiger partial charge >= 0.3 is 0 Å². The molecule has 0 saturated heterocycles. The zero-order chi connectivity index (χ0) is 24.1. The minimum Gasteiger partial charge on any atom is -0.493 e. The number of ether oxygens (including phenoxy) is 2. The monoisotopic (exact) mass is 479 g/mol. The summed E-state index contributed by atoms with van der Waals surface area (Å²) in [6, 6.07) is 19.1. The zero-order valence-corrected chi connectivity index (χ0v) is 20.4. The van der Waals surface area contributed by atoms with E-state index in [1.54, 1.807) is 37.5 Å². The Morgan fingerprint density at radius 3 is 2.56 bits per heavy atom. The summed E-state index contributed by atoms with van der Waals surface area (Å²) in [5.41, 5.74) is 2.68. The molecule has 1 aliphatic rings. The van der Waals surface area contributed by atoms with Crippen molar-refractivity contribution < 1.29 is 19.4 Å². The van der Waals surface area contributed by atoms with Crippen molar-refractivity contribution in [1.29, 1.82) is 0 Å². The van der Waals surface area contributed by atoms with Crippen LogP contribution in [0.25, 0.3) is 0 Å². The van der Waals surface area contributed by atoms with E-state index in [0.29, 0.717) is 24.5 Å². The van der Waals surface area contributed by atoms with Gasteiger partial charge in [-0.05, 0) is 48.2 Å². The van der Waals surface area contributed by atoms with Crippen LogP contribution < -0.4 is 14.4 Å².